The summed E-state index contributed by atoms with van der Waals surface area (Å²) in [6, 6.07) is 5.62. The Morgan fingerprint density at radius 3 is 2.80 bits per heavy atom. The summed E-state index contributed by atoms with van der Waals surface area (Å²) in [5, 5.41) is 3.95. The number of halogens is 1. The van der Waals surface area contributed by atoms with Gasteiger partial charge in [-0.2, -0.15) is 0 Å². The van der Waals surface area contributed by atoms with Crippen LogP contribution < -0.4 is 10.1 Å². The van der Waals surface area contributed by atoms with E-state index >= 15 is 0 Å². The largest absolute Gasteiger partial charge is 0.437 e. The molecule has 0 aliphatic rings. The van der Waals surface area contributed by atoms with Gasteiger partial charge in [0.05, 0.1) is 11.2 Å². The molecule has 0 unspecified atom stereocenters. The second-order valence-corrected chi connectivity index (χ2v) is 4.94. The van der Waals surface area contributed by atoms with Gasteiger partial charge in [0, 0.05) is 24.5 Å². The van der Waals surface area contributed by atoms with Gasteiger partial charge in [0.25, 0.3) is 0 Å². The number of nitrogens with zero attached hydrogens (tertiary/aromatic N) is 2. The first kappa shape index (κ1) is 14.8. The summed E-state index contributed by atoms with van der Waals surface area (Å²) < 4.78 is 5.68. The van der Waals surface area contributed by atoms with Gasteiger partial charge in [-0.05, 0) is 37.6 Å². The fourth-order valence-corrected chi connectivity index (χ4v) is 1.86. The molecule has 0 saturated carbocycles. The lowest BCUT2D eigenvalue weighted by Crippen LogP contribution is -2.14. The second-order valence-electron chi connectivity index (χ2n) is 4.53. The summed E-state index contributed by atoms with van der Waals surface area (Å²) in [4.78, 5) is 8.36. The third-order valence-electron chi connectivity index (χ3n) is 2.76. The molecule has 106 valence electrons. The van der Waals surface area contributed by atoms with E-state index < -0.39 is 0 Å². The van der Waals surface area contributed by atoms with E-state index in [1.807, 2.05) is 25.1 Å². The molecule has 2 heterocycles. The van der Waals surface area contributed by atoms with Gasteiger partial charge in [-0.3, -0.25) is 4.98 Å². The van der Waals surface area contributed by atoms with Crippen molar-refractivity contribution in [2.24, 2.45) is 0 Å². The third-order valence-corrected chi connectivity index (χ3v) is 3.10. The number of pyridine rings is 2. The summed E-state index contributed by atoms with van der Waals surface area (Å²) in [6.07, 6.45) is 4.38. The summed E-state index contributed by atoms with van der Waals surface area (Å²) >= 11 is 6.13. The number of aryl methyl sites for hydroxylation is 1. The van der Waals surface area contributed by atoms with Crippen LogP contribution in [-0.4, -0.2) is 16.5 Å². The molecule has 0 fully saturated rings. The molecular formula is C15H18ClN3O. The Morgan fingerprint density at radius 1 is 1.25 bits per heavy atom. The molecule has 4 nitrogen and oxygen atoms in total. The van der Waals surface area contributed by atoms with Gasteiger partial charge < -0.3 is 10.1 Å². The summed E-state index contributed by atoms with van der Waals surface area (Å²) in [5.74, 6) is 1.19. The van der Waals surface area contributed by atoms with Crippen LogP contribution in [0.3, 0.4) is 0 Å². The molecule has 0 bridgehead atoms. The van der Waals surface area contributed by atoms with Crippen molar-refractivity contribution in [1.82, 2.24) is 15.3 Å². The van der Waals surface area contributed by atoms with Crippen molar-refractivity contribution in [2.75, 3.05) is 6.54 Å². The number of nitrogens with one attached hydrogen (secondary N) is 1. The van der Waals surface area contributed by atoms with Gasteiger partial charge >= 0.3 is 0 Å². The van der Waals surface area contributed by atoms with Crippen LogP contribution in [0.2, 0.25) is 5.02 Å². The van der Waals surface area contributed by atoms with E-state index in [1.165, 1.54) is 0 Å². The molecule has 0 aromatic carbocycles. The first-order chi connectivity index (χ1) is 9.69. The molecule has 2 aromatic rings. The summed E-state index contributed by atoms with van der Waals surface area (Å²) in [7, 11) is 0. The zero-order valence-electron chi connectivity index (χ0n) is 11.7. The molecule has 5 heteroatoms. The maximum atomic E-state index is 6.13. The molecule has 0 amide bonds. The average molecular weight is 292 g/mol. The number of rotatable bonds is 6. The first-order valence-electron chi connectivity index (χ1n) is 6.64. The molecule has 1 N–H and O–H groups in total. The van der Waals surface area contributed by atoms with Crippen molar-refractivity contribution in [3.8, 4) is 11.6 Å². The predicted molar refractivity (Wildman–Crippen MR) is 80.3 cm³/mol. The van der Waals surface area contributed by atoms with Crippen molar-refractivity contribution in [3.63, 3.8) is 0 Å². The van der Waals surface area contributed by atoms with Crippen LogP contribution >= 0.6 is 11.6 Å². The smallest absolute Gasteiger partial charge is 0.219 e. The van der Waals surface area contributed by atoms with E-state index in [0.717, 1.165) is 24.2 Å². The maximum Gasteiger partial charge on any atom is 0.219 e. The van der Waals surface area contributed by atoms with Crippen LogP contribution in [0, 0.1) is 6.92 Å². The highest BCUT2D eigenvalue weighted by Crippen LogP contribution is 2.23. The Labute approximate surface area is 124 Å². The minimum Gasteiger partial charge on any atom is -0.437 e. The van der Waals surface area contributed by atoms with Crippen molar-refractivity contribution in [3.05, 3.63) is 46.9 Å². The molecule has 0 atom stereocenters. The Balaban J connectivity index is 2.08. The topological polar surface area (TPSA) is 47.0 Å². The summed E-state index contributed by atoms with van der Waals surface area (Å²) in [5.41, 5.74) is 1.93. The van der Waals surface area contributed by atoms with Gasteiger partial charge in [0.15, 0.2) is 0 Å². The normalized spacial score (nSPS) is 10.6. The molecule has 2 aromatic heterocycles. The molecule has 20 heavy (non-hydrogen) atoms. The van der Waals surface area contributed by atoms with Gasteiger partial charge in [0.1, 0.15) is 5.75 Å². The molecule has 0 saturated heterocycles. The van der Waals surface area contributed by atoms with Crippen LogP contribution in [0.25, 0.3) is 0 Å². The van der Waals surface area contributed by atoms with Crippen molar-refractivity contribution < 1.29 is 4.74 Å². The SMILES string of the molecule is CCCNCc1cc(Oc2ccc(C)nc2)ncc1Cl. The second kappa shape index (κ2) is 7.22. The Kier molecular flexibility index (Phi) is 5.32. The van der Waals surface area contributed by atoms with Crippen molar-refractivity contribution in [1.29, 1.82) is 0 Å². The van der Waals surface area contributed by atoms with Gasteiger partial charge in [-0.15, -0.1) is 0 Å². The highest BCUT2D eigenvalue weighted by Gasteiger charge is 2.05. The summed E-state index contributed by atoms with van der Waals surface area (Å²) in [6.45, 7) is 5.72. The van der Waals surface area contributed by atoms with Gasteiger partial charge in [-0.25, -0.2) is 4.98 Å². The lowest BCUT2D eigenvalue weighted by molar-refractivity contribution is 0.459. The van der Waals surface area contributed by atoms with Gasteiger partial charge in [0.2, 0.25) is 5.88 Å². The third kappa shape index (κ3) is 4.18. The van der Waals surface area contributed by atoms with Gasteiger partial charge in [-0.1, -0.05) is 18.5 Å². The minimum atomic E-state index is 0.522. The van der Waals surface area contributed by atoms with Crippen LogP contribution in [0.15, 0.2) is 30.6 Å². The number of aromatic nitrogens is 2. The van der Waals surface area contributed by atoms with Crippen LogP contribution in [-0.2, 0) is 6.54 Å². The van der Waals surface area contributed by atoms with Crippen LogP contribution in [0.5, 0.6) is 11.6 Å². The number of ether oxygens (including phenoxy) is 1. The standard InChI is InChI=1S/C15H18ClN3O/c1-3-6-17-8-12-7-15(19-10-14(12)16)20-13-5-4-11(2)18-9-13/h4-5,7,9-10,17H,3,6,8H2,1-2H3. The van der Waals surface area contributed by atoms with E-state index in [-0.39, 0.29) is 0 Å². The fraction of sp³-hybridized carbons (Fsp3) is 0.333. The molecule has 0 aliphatic heterocycles. The molecular weight excluding hydrogens is 274 g/mol. The van der Waals surface area contributed by atoms with Crippen molar-refractivity contribution >= 4 is 11.6 Å². The Bertz CT molecular complexity index is 558. The minimum absolute atomic E-state index is 0.522. The van der Waals surface area contributed by atoms with E-state index in [9.17, 15) is 0 Å². The first-order valence-corrected chi connectivity index (χ1v) is 7.02. The average Bonchev–Trinajstić information content (AvgIpc) is 2.45. The fourth-order valence-electron chi connectivity index (χ4n) is 1.68. The zero-order chi connectivity index (χ0) is 14.4. The Morgan fingerprint density at radius 2 is 2.10 bits per heavy atom. The zero-order valence-corrected chi connectivity index (χ0v) is 12.4. The van der Waals surface area contributed by atoms with E-state index in [2.05, 4.69) is 22.2 Å². The molecule has 0 aliphatic carbocycles. The number of hydrogen-bond acceptors (Lipinski definition) is 4. The van der Waals surface area contributed by atoms with Crippen LogP contribution in [0.4, 0.5) is 0 Å². The van der Waals surface area contributed by atoms with E-state index in [0.29, 0.717) is 23.2 Å². The highest BCUT2D eigenvalue weighted by molar-refractivity contribution is 6.31. The lowest BCUT2D eigenvalue weighted by Gasteiger charge is -2.09. The van der Waals surface area contributed by atoms with E-state index in [4.69, 9.17) is 16.3 Å². The van der Waals surface area contributed by atoms with Crippen LogP contribution in [0.1, 0.15) is 24.6 Å². The quantitative estimate of drug-likeness (QED) is 0.824. The number of hydrogen-bond donors (Lipinski definition) is 1. The highest BCUT2D eigenvalue weighted by atomic mass is 35.5. The lowest BCUT2D eigenvalue weighted by atomic mass is 10.2. The van der Waals surface area contributed by atoms with Crippen molar-refractivity contribution in [2.45, 2.75) is 26.8 Å². The molecule has 0 radical (unpaired) electrons. The van der Waals surface area contributed by atoms with E-state index in [1.54, 1.807) is 12.4 Å². The predicted octanol–water partition coefficient (Wildman–Crippen LogP) is 3.73. The maximum absolute atomic E-state index is 6.13. The monoisotopic (exact) mass is 291 g/mol. The Hall–Kier alpha value is -1.65. The molecule has 0 spiro atoms. The molecule has 2 rings (SSSR count).